The molecule has 0 spiro atoms. The number of aryl methyl sites for hydroxylation is 1. The Hall–Kier alpha value is -2.42. The normalized spacial score (nSPS) is 11.6. The van der Waals surface area contributed by atoms with Gasteiger partial charge in [0.25, 0.3) is 0 Å². The van der Waals surface area contributed by atoms with Crippen molar-refractivity contribution in [3.8, 4) is 0 Å². The van der Waals surface area contributed by atoms with Gasteiger partial charge in [0.05, 0.1) is 0 Å². The summed E-state index contributed by atoms with van der Waals surface area (Å²) in [5.41, 5.74) is 3.89. The summed E-state index contributed by atoms with van der Waals surface area (Å²) in [5, 5.41) is 2.34. The van der Waals surface area contributed by atoms with Crippen LogP contribution in [0.4, 0.5) is 0 Å². The molecule has 3 aromatic heterocycles. The van der Waals surface area contributed by atoms with Gasteiger partial charge < -0.3 is 0 Å². The van der Waals surface area contributed by atoms with Gasteiger partial charge in [-0.25, -0.2) is 9.97 Å². The molecule has 0 radical (unpaired) electrons. The monoisotopic (exact) mass is 233 g/mol. The molecule has 0 atom stereocenters. The Morgan fingerprint density at radius 1 is 0.889 bits per heavy atom. The van der Waals surface area contributed by atoms with Crippen molar-refractivity contribution in [3.05, 3.63) is 54.4 Å². The molecule has 0 bridgehead atoms. The molecule has 1 aromatic carbocycles. The molecular weight excluding hydrogens is 222 g/mol. The molecule has 0 aliphatic rings. The Labute approximate surface area is 104 Å². The Morgan fingerprint density at radius 3 is 2.56 bits per heavy atom. The van der Waals surface area contributed by atoms with Crippen molar-refractivity contribution in [1.82, 2.24) is 14.4 Å². The Bertz CT molecular complexity index is 890. The first-order valence-corrected chi connectivity index (χ1v) is 5.97. The van der Waals surface area contributed by atoms with Gasteiger partial charge in [-0.15, -0.1) is 0 Å². The number of benzene rings is 1. The van der Waals surface area contributed by atoms with Gasteiger partial charge in [-0.3, -0.25) is 4.40 Å². The first-order valence-electron chi connectivity index (χ1n) is 5.97. The lowest BCUT2D eigenvalue weighted by molar-refractivity contribution is 1.16. The second kappa shape index (κ2) is 3.29. The van der Waals surface area contributed by atoms with Crippen LogP contribution in [0.15, 0.2) is 48.7 Å². The van der Waals surface area contributed by atoms with E-state index in [1.165, 1.54) is 10.8 Å². The fourth-order valence-corrected chi connectivity index (χ4v) is 2.49. The minimum absolute atomic E-state index is 0.932. The molecule has 0 unspecified atom stereocenters. The summed E-state index contributed by atoms with van der Waals surface area (Å²) in [6.45, 7) is 2.05. The molecule has 4 rings (SSSR count). The zero-order valence-corrected chi connectivity index (χ0v) is 9.96. The van der Waals surface area contributed by atoms with Crippen molar-refractivity contribution in [2.75, 3.05) is 0 Å². The van der Waals surface area contributed by atoms with Crippen molar-refractivity contribution in [3.63, 3.8) is 0 Å². The second-order valence-corrected chi connectivity index (χ2v) is 4.46. The van der Waals surface area contributed by atoms with E-state index < -0.39 is 0 Å². The van der Waals surface area contributed by atoms with Crippen LogP contribution >= 0.6 is 0 Å². The molecule has 0 N–H and O–H groups in total. The van der Waals surface area contributed by atoms with Crippen molar-refractivity contribution >= 4 is 27.6 Å². The number of hydrogen-bond acceptors (Lipinski definition) is 2. The summed E-state index contributed by atoms with van der Waals surface area (Å²) in [6.07, 6.45) is 2.01. The highest BCUT2D eigenvalue weighted by Crippen LogP contribution is 2.26. The highest BCUT2D eigenvalue weighted by molar-refractivity contribution is 6.04. The van der Waals surface area contributed by atoms with Crippen LogP contribution in [0.2, 0.25) is 0 Å². The summed E-state index contributed by atoms with van der Waals surface area (Å²) in [7, 11) is 0. The predicted molar refractivity (Wildman–Crippen MR) is 72.7 cm³/mol. The highest BCUT2D eigenvalue weighted by Gasteiger charge is 2.10. The van der Waals surface area contributed by atoms with Crippen LogP contribution in [-0.2, 0) is 0 Å². The molecule has 4 aromatic rings. The molecule has 3 heterocycles. The highest BCUT2D eigenvalue weighted by atomic mass is 15.1. The van der Waals surface area contributed by atoms with Gasteiger partial charge in [0.15, 0.2) is 5.65 Å². The number of fused-ring (bicyclic) bond motifs is 5. The van der Waals surface area contributed by atoms with E-state index in [2.05, 4.69) is 17.1 Å². The third-order valence-corrected chi connectivity index (χ3v) is 3.35. The predicted octanol–water partition coefficient (Wildman–Crippen LogP) is 3.34. The first kappa shape index (κ1) is 9.59. The molecular formula is C15H11N3. The van der Waals surface area contributed by atoms with Gasteiger partial charge in [-0.2, -0.15) is 0 Å². The number of aromatic nitrogens is 3. The van der Waals surface area contributed by atoms with E-state index in [0.29, 0.717) is 0 Å². The van der Waals surface area contributed by atoms with Gasteiger partial charge >= 0.3 is 0 Å². The molecule has 86 valence electrons. The average Bonchev–Trinajstić information content (AvgIpc) is 2.78. The average molecular weight is 233 g/mol. The second-order valence-electron chi connectivity index (χ2n) is 4.46. The van der Waals surface area contributed by atoms with Crippen molar-refractivity contribution in [2.24, 2.45) is 0 Å². The summed E-state index contributed by atoms with van der Waals surface area (Å²) >= 11 is 0. The Balaban J connectivity index is 2.36. The fraction of sp³-hybridized carbons (Fsp3) is 0.0667. The van der Waals surface area contributed by atoms with Gasteiger partial charge in [-0.05, 0) is 19.1 Å². The van der Waals surface area contributed by atoms with Gasteiger partial charge in [0.1, 0.15) is 11.2 Å². The van der Waals surface area contributed by atoms with Crippen molar-refractivity contribution in [2.45, 2.75) is 6.92 Å². The largest absolute Gasteiger partial charge is 0.284 e. The van der Waals surface area contributed by atoms with Crippen LogP contribution in [0.25, 0.3) is 27.6 Å². The zero-order chi connectivity index (χ0) is 12.1. The van der Waals surface area contributed by atoms with Gasteiger partial charge in [0, 0.05) is 22.7 Å². The molecule has 3 nitrogen and oxygen atoms in total. The van der Waals surface area contributed by atoms with E-state index in [9.17, 15) is 0 Å². The van der Waals surface area contributed by atoms with Crippen LogP contribution in [0.1, 0.15) is 5.69 Å². The van der Waals surface area contributed by atoms with E-state index in [4.69, 9.17) is 4.98 Å². The SMILES string of the molecule is Cc1nc2c(nc3ccccn32)c2ccccc12. The van der Waals surface area contributed by atoms with E-state index >= 15 is 0 Å². The molecule has 0 amide bonds. The number of pyridine rings is 2. The zero-order valence-electron chi connectivity index (χ0n) is 9.96. The minimum atomic E-state index is 0.932. The molecule has 0 fully saturated rings. The summed E-state index contributed by atoms with van der Waals surface area (Å²) < 4.78 is 2.04. The quantitative estimate of drug-likeness (QED) is 0.466. The van der Waals surface area contributed by atoms with Crippen LogP contribution in [0.5, 0.6) is 0 Å². The molecule has 0 aliphatic carbocycles. The smallest absolute Gasteiger partial charge is 0.165 e. The van der Waals surface area contributed by atoms with Crippen LogP contribution < -0.4 is 0 Å². The lowest BCUT2D eigenvalue weighted by Crippen LogP contribution is -1.89. The van der Waals surface area contributed by atoms with Gasteiger partial charge in [-0.1, -0.05) is 30.3 Å². The number of hydrogen-bond donors (Lipinski definition) is 0. The lowest BCUT2D eigenvalue weighted by atomic mass is 10.1. The third-order valence-electron chi connectivity index (χ3n) is 3.35. The van der Waals surface area contributed by atoms with Crippen molar-refractivity contribution in [1.29, 1.82) is 0 Å². The summed E-state index contributed by atoms with van der Waals surface area (Å²) in [5.74, 6) is 0. The number of rotatable bonds is 0. The maximum absolute atomic E-state index is 4.69. The first-order chi connectivity index (χ1) is 8.84. The molecule has 18 heavy (non-hydrogen) atoms. The third kappa shape index (κ3) is 1.13. The molecule has 0 aliphatic heterocycles. The molecule has 0 saturated heterocycles. The standard InChI is InChI=1S/C15H11N3/c1-10-11-6-2-3-7-12(11)14-15(16-10)18-9-5-4-8-13(18)17-14/h2-9H,1H3. The van der Waals surface area contributed by atoms with Crippen LogP contribution in [0, 0.1) is 6.92 Å². The van der Waals surface area contributed by atoms with E-state index in [-0.39, 0.29) is 0 Å². The Morgan fingerprint density at radius 2 is 1.67 bits per heavy atom. The maximum Gasteiger partial charge on any atom is 0.165 e. The minimum Gasteiger partial charge on any atom is -0.284 e. The van der Waals surface area contributed by atoms with Crippen molar-refractivity contribution < 1.29 is 0 Å². The topological polar surface area (TPSA) is 30.2 Å². The summed E-state index contributed by atoms with van der Waals surface area (Å²) in [4.78, 5) is 9.38. The van der Waals surface area contributed by atoms with Crippen LogP contribution in [0.3, 0.4) is 0 Å². The molecule has 0 saturated carbocycles. The Kier molecular flexibility index (Phi) is 1.75. The number of nitrogens with zero attached hydrogens (tertiary/aromatic N) is 3. The van der Waals surface area contributed by atoms with Crippen LogP contribution in [-0.4, -0.2) is 14.4 Å². The van der Waals surface area contributed by atoms with E-state index in [1.807, 2.05) is 47.9 Å². The lowest BCUT2D eigenvalue weighted by Gasteiger charge is -2.02. The fourth-order valence-electron chi connectivity index (χ4n) is 2.49. The molecule has 3 heteroatoms. The van der Waals surface area contributed by atoms with E-state index in [1.54, 1.807) is 0 Å². The number of imidazole rings is 1. The van der Waals surface area contributed by atoms with Gasteiger partial charge in [0.2, 0.25) is 0 Å². The summed E-state index contributed by atoms with van der Waals surface area (Å²) in [6, 6.07) is 14.3. The maximum atomic E-state index is 4.69. The van der Waals surface area contributed by atoms with E-state index in [0.717, 1.165) is 22.5 Å².